The number of ether oxygens (including phenoxy) is 3. The Balaban J connectivity index is 1.54. The van der Waals surface area contributed by atoms with Gasteiger partial charge in [0.2, 0.25) is 0 Å². The van der Waals surface area contributed by atoms with Crippen LogP contribution in [-0.2, 0) is 14.2 Å². The number of alkyl carbamates (subject to hydrolysis) is 1. The van der Waals surface area contributed by atoms with E-state index in [1.54, 1.807) is 4.57 Å². The van der Waals surface area contributed by atoms with Gasteiger partial charge < -0.3 is 35.1 Å². The molecule has 2 aromatic rings. The zero-order valence-corrected chi connectivity index (χ0v) is 15.2. The number of aliphatic hydroxyl groups is 2. The number of amides is 1. The fourth-order valence-corrected chi connectivity index (χ4v) is 3.37. The van der Waals surface area contributed by atoms with Crippen molar-refractivity contribution in [2.24, 2.45) is 0 Å². The third-order valence-electron chi connectivity index (χ3n) is 4.87. The largest absolute Gasteiger partial charge is 0.453 e. The highest BCUT2D eigenvalue weighted by atomic mass is 16.6. The Bertz CT molecular complexity index is 840. The van der Waals surface area contributed by atoms with Crippen molar-refractivity contribution >= 4 is 23.1 Å². The topological polar surface area (TPSA) is 153 Å². The Labute approximate surface area is 159 Å². The maximum absolute atomic E-state index is 11.2. The van der Waals surface area contributed by atoms with Gasteiger partial charge >= 0.3 is 6.09 Å². The van der Waals surface area contributed by atoms with E-state index >= 15 is 0 Å². The molecular weight excluding hydrogens is 372 g/mol. The molecule has 28 heavy (non-hydrogen) atoms. The fraction of sp³-hybridized carbons (Fsp3) is 0.625. The van der Waals surface area contributed by atoms with Gasteiger partial charge in [0.1, 0.15) is 24.6 Å². The highest BCUT2D eigenvalue weighted by Gasteiger charge is 2.44. The molecule has 4 N–H and O–H groups in total. The minimum absolute atomic E-state index is 0.0164. The predicted molar refractivity (Wildman–Crippen MR) is 94.5 cm³/mol. The number of nitrogens with zero attached hydrogens (tertiary/aromatic N) is 4. The van der Waals surface area contributed by atoms with Crippen LogP contribution < -0.4 is 10.6 Å². The third-order valence-corrected chi connectivity index (χ3v) is 4.87. The third kappa shape index (κ3) is 3.46. The summed E-state index contributed by atoms with van der Waals surface area (Å²) in [6.45, 7) is 1.27. The number of fused-ring (bicyclic) bond motifs is 1. The molecule has 2 fully saturated rings. The second-order valence-corrected chi connectivity index (χ2v) is 6.67. The number of nitrogens with one attached hydrogen (secondary N) is 2. The lowest BCUT2D eigenvalue weighted by Crippen LogP contribution is -2.39. The van der Waals surface area contributed by atoms with Gasteiger partial charge in [-0.1, -0.05) is 0 Å². The van der Waals surface area contributed by atoms with Crippen LogP contribution in [0.2, 0.25) is 0 Å². The number of rotatable bonds is 5. The van der Waals surface area contributed by atoms with Gasteiger partial charge in [0.05, 0.1) is 26.1 Å². The molecule has 2 saturated heterocycles. The highest BCUT2D eigenvalue weighted by molar-refractivity contribution is 5.82. The number of anilines is 1. The number of carbonyl (C=O) groups is 1. The molecule has 0 aliphatic carbocycles. The molecule has 0 spiro atoms. The quantitative estimate of drug-likeness (QED) is 0.497. The monoisotopic (exact) mass is 394 g/mol. The minimum atomic E-state index is -1.23. The Morgan fingerprint density at radius 1 is 1.36 bits per heavy atom. The molecule has 0 saturated carbocycles. The average Bonchev–Trinajstić information content (AvgIpc) is 3.42. The summed E-state index contributed by atoms with van der Waals surface area (Å²) in [5.74, 6) is 0.566. The van der Waals surface area contributed by atoms with Crippen LogP contribution in [0.3, 0.4) is 0 Å². The Hall–Kier alpha value is -2.54. The first-order valence-electron chi connectivity index (χ1n) is 8.93. The number of imidazole rings is 1. The van der Waals surface area contributed by atoms with Crippen LogP contribution in [0.5, 0.6) is 0 Å². The lowest BCUT2D eigenvalue weighted by atomic mass is 10.1. The summed E-state index contributed by atoms with van der Waals surface area (Å²) in [4.78, 5) is 24.1. The molecular formula is C16H22N6O6. The molecule has 2 aliphatic rings. The van der Waals surface area contributed by atoms with E-state index in [0.717, 1.165) is 6.42 Å². The van der Waals surface area contributed by atoms with E-state index in [1.807, 2.05) is 0 Å². The van der Waals surface area contributed by atoms with E-state index in [9.17, 15) is 15.0 Å². The predicted octanol–water partition coefficient (Wildman–Crippen LogP) is -0.998. The number of hydrogen-bond donors (Lipinski definition) is 4. The van der Waals surface area contributed by atoms with Crippen molar-refractivity contribution < 1.29 is 29.2 Å². The van der Waals surface area contributed by atoms with Crippen molar-refractivity contribution in [3.05, 3.63) is 12.7 Å². The fourth-order valence-electron chi connectivity index (χ4n) is 3.37. The second kappa shape index (κ2) is 7.83. The number of aromatic nitrogens is 4. The Morgan fingerprint density at radius 3 is 2.96 bits per heavy atom. The lowest BCUT2D eigenvalue weighted by Gasteiger charge is -2.17. The molecule has 0 radical (unpaired) electrons. The number of carbonyl (C=O) groups excluding carboxylic acids is 1. The van der Waals surface area contributed by atoms with Crippen LogP contribution in [0, 0.1) is 0 Å². The number of methoxy groups -OCH3 is 1. The summed E-state index contributed by atoms with van der Waals surface area (Å²) in [5.41, 5.74) is 0.977. The van der Waals surface area contributed by atoms with Crippen molar-refractivity contribution in [1.29, 1.82) is 0 Å². The van der Waals surface area contributed by atoms with Gasteiger partial charge in [0.25, 0.3) is 0 Å². The molecule has 4 rings (SSSR count). The maximum atomic E-state index is 11.2. The minimum Gasteiger partial charge on any atom is -0.453 e. The molecule has 0 bridgehead atoms. The summed E-state index contributed by atoms with van der Waals surface area (Å²) in [5, 5.41) is 26.4. The molecule has 2 aliphatic heterocycles. The van der Waals surface area contributed by atoms with E-state index in [2.05, 4.69) is 30.3 Å². The van der Waals surface area contributed by atoms with E-state index < -0.39 is 30.6 Å². The van der Waals surface area contributed by atoms with Gasteiger partial charge in [-0.3, -0.25) is 4.57 Å². The second-order valence-electron chi connectivity index (χ2n) is 6.67. The Kier molecular flexibility index (Phi) is 5.26. The molecule has 4 heterocycles. The summed E-state index contributed by atoms with van der Waals surface area (Å²) in [6, 6.07) is 0.146. The first kappa shape index (κ1) is 18.8. The van der Waals surface area contributed by atoms with Gasteiger partial charge in [0.15, 0.2) is 23.2 Å². The Morgan fingerprint density at radius 2 is 2.21 bits per heavy atom. The lowest BCUT2D eigenvalue weighted by molar-refractivity contribution is -0.0339. The first-order valence-corrected chi connectivity index (χ1v) is 8.93. The summed E-state index contributed by atoms with van der Waals surface area (Å²) in [7, 11) is 1.24. The zero-order valence-electron chi connectivity index (χ0n) is 15.2. The van der Waals surface area contributed by atoms with Crippen LogP contribution in [-0.4, -0.2) is 87.0 Å². The number of aliphatic hydroxyl groups excluding tert-OH is 2. The van der Waals surface area contributed by atoms with Crippen LogP contribution in [0.1, 0.15) is 12.6 Å². The van der Waals surface area contributed by atoms with Crippen LogP contribution >= 0.6 is 0 Å². The van der Waals surface area contributed by atoms with Crippen LogP contribution in [0.15, 0.2) is 12.7 Å². The highest BCUT2D eigenvalue weighted by Crippen LogP contribution is 2.32. The van der Waals surface area contributed by atoms with Crippen LogP contribution in [0.4, 0.5) is 10.6 Å². The smallest absolute Gasteiger partial charge is 0.406 e. The van der Waals surface area contributed by atoms with Crippen molar-refractivity contribution in [3.63, 3.8) is 0 Å². The van der Waals surface area contributed by atoms with E-state index in [-0.39, 0.29) is 12.6 Å². The van der Waals surface area contributed by atoms with Gasteiger partial charge in [-0.05, 0) is 6.42 Å². The van der Waals surface area contributed by atoms with E-state index in [0.29, 0.717) is 30.2 Å². The molecule has 12 nitrogen and oxygen atoms in total. The molecule has 1 amide bonds. The van der Waals surface area contributed by atoms with Crippen molar-refractivity contribution in [3.8, 4) is 0 Å². The summed E-state index contributed by atoms with van der Waals surface area (Å²) < 4.78 is 17.2. The maximum Gasteiger partial charge on any atom is 0.406 e. The van der Waals surface area contributed by atoms with E-state index in [4.69, 9.17) is 9.47 Å². The first-order chi connectivity index (χ1) is 13.6. The molecule has 0 unspecified atom stereocenters. The van der Waals surface area contributed by atoms with Gasteiger partial charge in [-0.2, -0.15) is 0 Å². The van der Waals surface area contributed by atoms with E-state index in [1.165, 1.54) is 19.8 Å². The number of hydrogen-bond acceptors (Lipinski definition) is 10. The van der Waals surface area contributed by atoms with Gasteiger partial charge in [-0.15, -0.1) is 0 Å². The standard InChI is InChI=1S/C16H22N6O6/c1-26-16(25)17-4-9-11(23)12(24)15(28-9)22-7-20-10-13(18-6-19-14(10)22)21-8-2-3-27-5-8/h6-9,11-12,15,23-24H,2-5H2,1H3,(H,17,25)(H,18,19,21)/t8-,9-,11-,12-,15-/m1/s1. The average molecular weight is 394 g/mol. The summed E-state index contributed by atoms with van der Waals surface area (Å²) >= 11 is 0. The molecule has 5 atom stereocenters. The SMILES string of the molecule is COC(=O)NC[C@H]1O[C@@H](n2cnc3c(N[C@@H]4CCOC4)ncnc32)[C@H](O)[C@@H]1O. The van der Waals surface area contributed by atoms with Crippen molar-refractivity contribution in [1.82, 2.24) is 24.8 Å². The normalized spacial score (nSPS) is 29.9. The molecule has 12 heteroatoms. The summed E-state index contributed by atoms with van der Waals surface area (Å²) in [6.07, 6.45) is -1.06. The molecule has 0 aromatic carbocycles. The van der Waals surface area contributed by atoms with Crippen LogP contribution in [0.25, 0.3) is 11.2 Å². The van der Waals surface area contributed by atoms with Gasteiger partial charge in [0, 0.05) is 13.2 Å². The molecule has 2 aromatic heterocycles. The van der Waals surface area contributed by atoms with Gasteiger partial charge in [-0.25, -0.2) is 19.7 Å². The van der Waals surface area contributed by atoms with Crippen molar-refractivity contribution in [2.75, 3.05) is 32.2 Å². The molecule has 152 valence electrons. The van der Waals surface area contributed by atoms with Crippen molar-refractivity contribution in [2.45, 2.75) is 37.0 Å². The zero-order chi connectivity index (χ0) is 19.7.